The molecule has 0 spiro atoms. The van der Waals surface area contributed by atoms with Gasteiger partial charge in [-0.3, -0.25) is 15.0 Å². The highest BCUT2D eigenvalue weighted by Gasteiger charge is 2.16. The lowest BCUT2D eigenvalue weighted by Gasteiger charge is -2.16. The van der Waals surface area contributed by atoms with E-state index in [2.05, 4.69) is 22.2 Å². The highest BCUT2D eigenvalue weighted by atomic mass is 32.2. The maximum Gasteiger partial charge on any atom is 0.269 e. The molecule has 2 rings (SSSR count). The van der Waals surface area contributed by atoms with Crippen molar-refractivity contribution < 1.29 is 14.3 Å². The van der Waals surface area contributed by atoms with Crippen LogP contribution in [0.15, 0.2) is 47.4 Å². The average Bonchev–Trinajstić information content (AvgIpc) is 2.68. The molecular weight excluding hydrogens is 376 g/mol. The molecule has 0 aliphatic carbocycles. The van der Waals surface area contributed by atoms with E-state index in [1.807, 2.05) is 30.5 Å². The van der Waals surface area contributed by atoms with Crippen LogP contribution < -0.4 is 20.9 Å². The molecule has 2 amide bonds. The summed E-state index contributed by atoms with van der Waals surface area (Å²) in [4.78, 5) is 24.9. The minimum Gasteiger partial charge on any atom is -0.493 e. The van der Waals surface area contributed by atoms with E-state index in [4.69, 9.17) is 4.74 Å². The number of thioether (sulfide) groups is 1. The fourth-order valence-electron chi connectivity index (χ4n) is 2.46. The van der Waals surface area contributed by atoms with Gasteiger partial charge in [0.25, 0.3) is 5.91 Å². The normalized spacial score (nSPS) is 11.2. The van der Waals surface area contributed by atoms with Crippen LogP contribution in [-0.4, -0.2) is 24.7 Å². The molecule has 0 saturated carbocycles. The van der Waals surface area contributed by atoms with Gasteiger partial charge in [0, 0.05) is 23.6 Å². The predicted octanol–water partition coefficient (Wildman–Crippen LogP) is 3.26. The Bertz CT molecular complexity index is 878. The molecule has 28 heavy (non-hydrogen) atoms. The highest BCUT2D eigenvalue weighted by molar-refractivity contribution is 7.98. The van der Waals surface area contributed by atoms with Crippen LogP contribution in [0.2, 0.25) is 0 Å². The molecule has 3 N–H and O–H groups in total. The van der Waals surface area contributed by atoms with Crippen LogP contribution in [0.1, 0.15) is 35.8 Å². The Kier molecular flexibility index (Phi) is 7.87. The zero-order valence-electron chi connectivity index (χ0n) is 15.9. The Balaban J connectivity index is 2.12. The van der Waals surface area contributed by atoms with Crippen LogP contribution in [0.3, 0.4) is 0 Å². The summed E-state index contributed by atoms with van der Waals surface area (Å²) in [5.74, 6) is -0.324. The van der Waals surface area contributed by atoms with Gasteiger partial charge in [-0.1, -0.05) is 12.1 Å². The topological polar surface area (TPSA) is 103 Å². The Morgan fingerprint density at radius 1 is 1.21 bits per heavy atom. The maximum absolute atomic E-state index is 12.6. The first kappa shape index (κ1) is 21.3. The minimum absolute atomic E-state index is 0.217. The van der Waals surface area contributed by atoms with Crippen molar-refractivity contribution in [3.63, 3.8) is 0 Å². The SMILES string of the molecule is CCOc1cc(NC(C)=O)ccc1C(=O)NNC(C#N)c1ccc(SC)cc1. The number of amides is 2. The molecule has 7 nitrogen and oxygen atoms in total. The van der Waals surface area contributed by atoms with Gasteiger partial charge in [0.2, 0.25) is 5.91 Å². The molecule has 1 atom stereocenters. The van der Waals surface area contributed by atoms with Gasteiger partial charge in [-0.05, 0) is 43.0 Å². The van der Waals surface area contributed by atoms with Crippen LogP contribution >= 0.6 is 11.8 Å². The molecule has 0 heterocycles. The third-order valence-corrected chi connectivity index (χ3v) is 4.50. The summed E-state index contributed by atoms with van der Waals surface area (Å²) < 4.78 is 5.52. The monoisotopic (exact) mass is 398 g/mol. The van der Waals surface area contributed by atoms with Crippen molar-refractivity contribution in [1.82, 2.24) is 10.9 Å². The fraction of sp³-hybridized carbons (Fsp3) is 0.250. The average molecular weight is 398 g/mol. The van der Waals surface area contributed by atoms with Crippen molar-refractivity contribution in [3.8, 4) is 11.8 Å². The van der Waals surface area contributed by atoms with Crippen molar-refractivity contribution in [1.29, 1.82) is 5.26 Å². The van der Waals surface area contributed by atoms with E-state index in [1.165, 1.54) is 6.92 Å². The molecular formula is C20H22N4O3S. The van der Waals surface area contributed by atoms with E-state index < -0.39 is 11.9 Å². The molecule has 2 aromatic carbocycles. The van der Waals surface area contributed by atoms with Gasteiger partial charge < -0.3 is 10.1 Å². The summed E-state index contributed by atoms with van der Waals surface area (Å²) in [5, 5.41) is 12.1. The van der Waals surface area contributed by atoms with Crippen molar-refractivity contribution in [3.05, 3.63) is 53.6 Å². The Morgan fingerprint density at radius 3 is 2.50 bits per heavy atom. The van der Waals surface area contributed by atoms with Gasteiger partial charge >= 0.3 is 0 Å². The van der Waals surface area contributed by atoms with Gasteiger partial charge in [-0.15, -0.1) is 11.8 Å². The number of ether oxygens (including phenoxy) is 1. The van der Waals surface area contributed by atoms with E-state index in [0.717, 1.165) is 10.5 Å². The number of hydrogen-bond donors (Lipinski definition) is 3. The Hall–Kier alpha value is -3.02. The summed E-state index contributed by atoms with van der Waals surface area (Å²) in [5.41, 5.74) is 6.86. The third kappa shape index (κ3) is 5.74. The van der Waals surface area contributed by atoms with Crippen molar-refractivity contribution in [2.45, 2.75) is 24.8 Å². The van der Waals surface area contributed by atoms with E-state index in [1.54, 1.807) is 36.9 Å². The first-order chi connectivity index (χ1) is 13.5. The summed E-state index contributed by atoms with van der Waals surface area (Å²) in [6, 6.07) is 13.7. The fourth-order valence-corrected chi connectivity index (χ4v) is 2.87. The lowest BCUT2D eigenvalue weighted by molar-refractivity contribution is -0.114. The first-order valence-corrected chi connectivity index (χ1v) is 9.84. The number of hydrazine groups is 1. The molecule has 0 saturated heterocycles. The predicted molar refractivity (Wildman–Crippen MR) is 109 cm³/mol. The standard InChI is InChI=1S/C20H22N4O3S/c1-4-27-19-11-15(22-13(2)25)7-10-17(19)20(26)24-23-18(12-21)14-5-8-16(28-3)9-6-14/h5-11,18,23H,4H2,1-3H3,(H,22,25)(H,24,26). The first-order valence-electron chi connectivity index (χ1n) is 8.62. The molecule has 8 heteroatoms. The lowest BCUT2D eigenvalue weighted by atomic mass is 10.1. The zero-order valence-corrected chi connectivity index (χ0v) is 16.7. The number of nitrogens with zero attached hydrogens (tertiary/aromatic N) is 1. The number of nitriles is 1. The van der Waals surface area contributed by atoms with Gasteiger partial charge in [-0.2, -0.15) is 5.26 Å². The second-order valence-corrected chi connectivity index (χ2v) is 6.64. The van der Waals surface area contributed by atoms with Crippen molar-refractivity contribution in [2.75, 3.05) is 18.2 Å². The number of carbonyl (C=O) groups excluding carboxylic acids is 2. The summed E-state index contributed by atoms with van der Waals surface area (Å²) in [6.45, 7) is 3.56. The molecule has 0 bridgehead atoms. The summed E-state index contributed by atoms with van der Waals surface area (Å²) >= 11 is 1.61. The molecule has 0 aromatic heterocycles. The number of rotatable bonds is 8. The number of hydrogen-bond acceptors (Lipinski definition) is 6. The van der Waals surface area contributed by atoms with Gasteiger partial charge in [-0.25, -0.2) is 5.43 Å². The molecule has 1 unspecified atom stereocenters. The molecule has 0 aliphatic heterocycles. The number of carbonyl (C=O) groups is 2. The quantitative estimate of drug-likeness (QED) is 0.466. The molecule has 146 valence electrons. The van der Waals surface area contributed by atoms with Crippen LogP contribution in [0.5, 0.6) is 5.75 Å². The van der Waals surface area contributed by atoms with Gasteiger partial charge in [0.15, 0.2) is 0 Å². The summed E-state index contributed by atoms with van der Waals surface area (Å²) in [6.07, 6.45) is 1.97. The van der Waals surface area contributed by atoms with Crippen molar-refractivity contribution in [2.24, 2.45) is 0 Å². The molecule has 0 radical (unpaired) electrons. The smallest absolute Gasteiger partial charge is 0.269 e. The number of nitrogens with one attached hydrogen (secondary N) is 3. The summed E-state index contributed by atoms with van der Waals surface area (Å²) in [7, 11) is 0. The second kappa shape index (κ2) is 10.3. The van der Waals surface area contributed by atoms with E-state index >= 15 is 0 Å². The minimum atomic E-state index is -0.700. The maximum atomic E-state index is 12.6. The van der Waals surface area contributed by atoms with Gasteiger partial charge in [0.1, 0.15) is 11.8 Å². The van der Waals surface area contributed by atoms with E-state index in [-0.39, 0.29) is 11.5 Å². The highest BCUT2D eigenvalue weighted by Crippen LogP contribution is 2.24. The van der Waals surface area contributed by atoms with Crippen LogP contribution in [0.25, 0.3) is 0 Å². The number of anilines is 1. The molecule has 0 aliphatic rings. The van der Waals surface area contributed by atoms with E-state index in [9.17, 15) is 14.9 Å². The Morgan fingerprint density at radius 2 is 1.93 bits per heavy atom. The largest absolute Gasteiger partial charge is 0.493 e. The van der Waals surface area contributed by atoms with Gasteiger partial charge in [0.05, 0.1) is 18.2 Å². The van der Waals surface area contributed by atoms with Crippen molar-refractivity contribution >= 4 is 29.3 Å². The second-order valence-electron chi connectivity index (χ2n) is 5.76. The van der Waals surface area contributed by atoms with Crippen LogP contribution in [-0.2, 0) is 4.79 Å². The number of benzene rings is 2. The Labute approximate surface area is 168 Å². The molecule has 2 aromatic rings. The van der Waals surface area contributed by atoms with E-state index in [0.29, 0.717) is 18.0 Å². The third-order valence-electron chi connectivity index (χ3n) is 3.75. The van der Waals surface area contributed by atoms with Crippen LogP contribution in [0.4, 0.5) is 5.69 Å². The molecule has 0 fully saturated rings. The zero-order chi connectivity index (χ0) is 20.5. The van der Waals surface area contributed by atoms with Crippen LogP contribution in [0, 0.1) is 11.3 Å². The lowest BCUT2D eigenvalue weighted by Crippen LogP contribution is -2.39.